The SMILES string of the molecule is CCC(C)(C)C1=CCCc2cc(-c3cnn(C)c3)ccc21. The molecule has 1 aromatic carbocycles. The maximum absolute atomic E-state index is 4.28. The van der Waals surface area contributed by atoms with Gasteiger partial charge in [0.15, 0.2) is 0 Å². The van der Waals surface area contributed by atoms with Gasteiger partial charge in [-0.1, -0.05) is 45.0 Å². The first-order valence-electron chi connectivity index (χ1n) is 7.84. The van der Waals surface area contributed by atoms with Gasteiger partial charge >= 0.3 is 0 Å². The third kappa shape index (κ3) is 2.55. The maximum Gasteiger partial charge on any atom is 0.0568 e. The Bertz CT molecular complexity index is 689. The fourth-order valence-electron chi connectivity index (χ4n) is 3.13. The number of aryl methyl sites for hydroxylation is 2. The number of nitrogens with zero attached hydrogens (tertiary/aromatic N) is 2. The molecule has 0 saturated carbocycles. The van der Waals surface area contributed by atoms with Crippen LogP contribution in [0.1, 0.15) is 44.7 Å². The molecule has 0 fully saturated rings. The van der Waals surface area contributed by atoms with Gasteiger partial charge in [0.2, 0.25) is 0 Å². The summed E-state index contributed by atoms with van der Waals surface area (Å²) < 4.78 is 1.86. The third-order valence-corrected chi connectivity index (χ3v) is 4.81. The zero-order valence-electron chi connectivity index (χ0n) is 13.5. The molecule has 0 radical (unpaired) electrons. The monoisotopic (exact) mass is 280 g/mol. The molecule has 1 aromatic heterocycles. The van der Waals surface area contributed by atoms with Crippen molar-refractivity contribution in [3.05, 3.63) is 47.8 Å². The Labute approximate surface area is 127 Å². The fourth-order valence-corrected chi connectivity index (χ4v) is 3.13. The van der Waals surface area contributed by atoms with Crippen LogP contribution >= 0.6 is 0 Å². The van der Waals surface area contributed by atoms with E-state index in [9.17, 15) is 0 Å². The molecule has 0 aliphatic heterocycles. The molecule has 0 atom stereocenters. The van der Waals surface area contributed by atoms with Gasteiger partial charge in [-0.2, -0.15) is 5.10 Å². The molecule has 3 rings (SSSR count). The van der Waals surface area contributed by atoms with E-state index >= 15 is 0 Å². The van der Waals surface area contributed by atoms with Crippen molar-refractivity contribution in [3.8, 4) is 11.1 Å². The molecule has 0 spiro atoms. The molecule has 2 heteroatoms. The molecule has 2 nitrogen and oxygen atoms in total. The normalized spacial score (nSPS) is 14.8. The first-order valence-corrected chi connectivity index (χ1v) is 7.84. The average molecular weight is 280 g/mol. The third-order valence-electron chi connectivity index (χ3n) is 4.81. The first-order chi connectivity index (χ1) is 10.0. The Balaban J connectivity index is 2.03. The number of hydrogen-bond donors (Lipinski definition) is 0. The van der Waals surface area contributed by atoms with Crippen molar-refractivity contribution >= 4 is 5.57 Å². The molecule has 1 aliphatic carbocycles. The van der Waals surface area contributed by atoms with Crippen LogP contribution in [0.4, 0.5) is 0 Å². The van der Waals surface area contributed by atoms with Gasteiger partial charge in [-0.3, -0.25) is 4.68 Å². The Morgan fingerprint density at radius 2 is 2.05 bits per heavy atom. The van der Waals surface area contributed by atoms with Crippen LogP contribution in [0.2, 0.25) is 0 Å². The summed E-state index contributed by atoms with van der Waals surface area (Å²) in [5.74, 6) is 0. The van der Waals surface area contributed by atoms with Gasteiger partial charge in [-0.25, -0.2) is 0 Å². The van der Waals surface area contributed by atoms with E-state index in [0.717, 1.165) is 12.8 Å². The van der Waals surface area contributed by atoms with Crippen molar-refractivity contribution < 1.29 is 0 Å². The van der Waals surface area contributed by atoms with E-state index in [0.29, 0.717) is 0 Å². The summed E-state index contributed by atoms with van der Waals surface area (Å²) in [6, 6.07) is 6.89. The number of rotatable bonds is 3. The molecular weight excluding hydrogens is 256 g/mol. The molecular formula is C19H24N2. The molecule has 0 N–H and O–H groups in total. The van der Waals surface area contributed by atoms with E-state index in [1.807, 2.05) is 17.9 Å². The van der Waals surface area contributed by atoms with Crippen molar-refractivity contribution in [3.63, 3.8) is 0 Å². The molecule has 0 saturated heterocycles. The molecule has 0 unspecified atom stereocenters. The van der Waals surface area contributed by atoms with E-state index in [1.54, 1.807) is 0 Å². The van der Waals surface area contributed by atoms with Gasteiger partial charge in [-0.05, 0) is 46.9 Å². The van der Waals surface area contributed by atoms with E-state index in [4.69, 9.17) is 0 Å². The smallest absolute Gasteiger partial charge is 0.0568 e. The van der Waals surface area contributed by atoms with Crippen molar-refractivity contribution in [2.45, 2.75) is 40.0 Å². The minimum Gasteiger partial charge on any atom is -0.275 e. The second-order valence-electron chi connectivity index (χ2n) is 6.67. The van der Waals surface area contributed by atoms with Crippen LogP contribution < -0.4 is 0 Å². The Kier molecular flexibility index (Phi) is 3.48. The van der Waals surface area contributed by atoms with Gasteiger partial charge in [-0.15, -0.1) is 0 Å². The van der Waals surface area contributed by atoms with Crippen molar-refractivity contribution in [1.82, 2.24) is 9.78 Å². The molecule has 0 bridgehead atoms. The number of hydrogen-bond acceptors (Lipinski definition) is 1. The van der Waals surface area contributed by atoms with Crippen LogP contribution in [0.3, 0.4) is 0 Å². The summed E-state index contributed by atoms with van der Waals surface area (Å²) in [5.41, 5.74) is 7.18. The van der Waals surface area contributed by atoms with Crippen molar-refractivity contribution in [2.24, 2.45) is 12.5 Å². The van der Waals surface area contributed by atoms with Gasteiger partial charge in [0.25, 0.3) is 0 Å². The summed E-state index contributed by atoms with van der Waals surface area (Å²) in [7, 11) is 1.96. The number of allylic oxidation sites excluding steroid dienone is 2. The first kappa shape index (κ1) is 14.1. The lowest BCUT2D eigenvalue weighted by Crippen LogP contribution is -2.16. The second kappa shape index (κ2) is 5.18. The molecule has 1 aliphatic rings. The standard InChI is InChI=1S/C19H24N2/c1-5-19(2,3)18-8-6-7-15-11-14(9-10-17(15)18)16-12-20-21(4)13-16/h8-13H,5-7H2,1-4H3. The minimum absolute atomic E-state index is 0.255. The average Bonchev–Trinajstić information content (AvgIpc) is 2.92. The van der Waals surface area contributed by atoms with Crippen LogP contribution in [0.15, 0.2) is 36.7 Å². The quantitative estimate of drug-likeness (QED) is 0.785. The highest BCUT2D eigenvalue weighted by molar-refractivity contribution is 5.76. The van der Waals surface area contributed by atoms with Gasteiger partial charge in [0.05, 0.1) is 6.20 Å². The lowest BCUT2D eigenvalue weighted by atomic mass is 9.73. The van der Waals surface area contributed by atoms with E-state index in [2.05, 4.69) is 56.3 Å². The minimum atomic E-state index is 0.255. The zero-order chi connectivity index (χ0) is 15.0. The Morgan fingerprint density at radius 3 is 2.71 bits per heavy atom. The van der Waals surface area contributed by atoms with E-state index < -0.39 is 0 Å². The molecule has 0 amide bonds. The Morgan fingerprint density at radius 1 is 1.24 bits per heavy atom. The summed E-state index contributed by atoms with van der Waals surface area (Å²) in [6.45, 7) is 6.98. The van der Waals surface area contributed by atoms with Gasteiger partial charge in [0.1, 0.15) is 0 Å². The number of fused-ring (bicyclic) bond motifs is 1. The molecule has 1 heterocycles. The lowest BCUT2D eigenvalue weighted by Gasteiger charge is -2.31. The predicted molar refractivity (Wildman–Crippen MR) is 89.0 cm³/mol. The number of benzene rings is 1. The summed E-state index contributed by atoms with van der Waals surface area (Å²) in [4.78, 5) is 0. The highest BCUT2D eigenvalue weighted by Crippen LogP contribution is 2.42. The summed E-state index contributed by atoms with van der Waals surface area (Å²) in [6.07, 6.45) is 9.93. The van der Waals surface area contributed by atoms with Crippen LogP contribution in [-0.2, 0) is 13.5 Å². The zero-order valence-corrected chi connectivity index (χ0v) is 13.5. The van der Waals surface area contributed by atoms with E-state index in [-0.39, 0.29) is 5.41 Å². The second-order valence-corrected chi connectivity index (χ2v) is 6.67. The lowest BCUT2D eigenvalue weighted by molar-refractivity contribution is 0.479. The van der Waals surface area contributed by atoms with Crippen LogP contribution in [0.5, 0.6) is 0 Å². The molecule has 21 heavy (non-hydrogen) atoms. The van der Waals surface area contributed by atoms with Crippen LogP contribution in [0, 0.1) is 5.41 Å². The summed E-state index contributed by atoms with van der Waals surface area (Å²) >= 11 is 0. The number of aromatic nitrogens is 2. The maximum atomic E-state index is 4.28. The highest BCUT2D eigenvalue weighted by Gasteiger charge is 2.26. The van der Waals surface area contributed by atoms with Crippen molar-refractivity contribution in [1.29, 1.82) is 0 Å². The molecule has 2 aromatic rings. The van der Waals surface area contributed by atoms with E-state index in [1.165, 1.54) is 34.2 Å². The largest absolute Gasteiger partial charge is 0.275 e. The van der Waals surface area contributed by atoms with Gasteiger partial charge < -0.3 is 0 Å². The summed E-state index contributed by atoms with van der Waals surface area (Å²) in [5, 5.41) is 4.28. The van der Waals surface area contributed by atoms with Crippen LogP contribution in [0.25, 0.3) is 16.7 Å². The topological polar surface area (TPSA) is 17.8 Å². The van der Waals surface area contributed by atoms with Crippen molar-refractivity contribution in [2.75, 3.05) is 0 Å². The van der Waals surface area contributed by atoms with Crippen LogP contribution in [-0.4, -0.2) is 9.78 Å². The predicted octanol–water partition coefficient (Wildman–Crippen LogP) is 4.85. The fraction of sp³-hybridized carbons (Fsp3) is 0.421. The van der Waals surface area contributed by atoms with Gasteiger partial charge in [0, 0.05) is 18.8 Å². The Hall–Kier alpha value is -1.83. The highest BCUT2D eigenvalue weighted by atomic mass is 15.2. The molecule has 110 valence electrons.